The molecule has 30 heavy (non-hydrogen) atoms. The molecule has 2 fully saturated rings. The number of primary amides is 1. The Morgan fingerprint density at radius 1 is 1.20 bits per heavy atom. The second-order valence-electron chi connectivity index (χ2n) is 7.90. The number of carbonyl (C=O) groups excluding carboxylic acids is 3. The molecule has 1 aromatic rings. The third kappa shape index (κ3) is 5.71. The van der Waals surface area contributed by atoms with Crippen LogP contribution < -0.4 is 11.1 Å². The van der Waals surface area contributed by atoms with Crippen LogP contribution in [0.2, 0.25) is 0 Å². The molecule has 0 spiro atoms. The van der Waals surface area contributed by atoms with E-state index in [4.69, 9.17) is 5.73 Å². The Kier molecular flexibility index (Phi) is 6.64. The van der Waals surface area contributed by atoms with Crippen LogP contribution in [0.1, 0.15) is 30.4 Å². The first-order valence-electron chi connectivity index (χ1n) is 9.87. The molecule has 0 aliphatic carbocycles. The Labute approximate surface area is 172 Å². The maximum atomic E-state index is 12.9. The SMILES string of the molecule is NC(=O)CN1CCC(NC(=O)[C@H]2CC(=O)N(Cc3cccc(C(F)(F)F)c3)C2)CC1. The molecule has 0 aromatic heterocycles. The summed E-state index contributed by atoms with van der Waals surface area (Å²) < 4.78 is 38.6. The second kappa shape index (κ2) is 9.03. The van der Waals surface area contributed by atoms with Gasteiger partial charge in [-0.15, -0.1) is 0 Å². The molecule has 0 saturated carbocycles. The van der Waals surface area contributed by atoms with E-state index in [0.717, 1.165) is 12.1 Å². The smallest absolute Gasteiger partial charge is 0.369 e. The van der Waals surface area contributed by atoms with E-state index in [1.807, 2.05) is 4.90 Å². The van der Waals surface area contributed by atoms with Crippen LogP contribution in [-0.4, -0.2) is 59.7 Å². The van der Waals surface area contributed by atoms with Crippen molar-refractivity contribution in [1.82, 2.24) is 15.1 Å². The van der Waals surface area contributed by atoms with Crippen LogP contribution in [0.3, 0.4) is 0 Å². The van der Waals surface area contributed by atoms with Crippen molar-refractivity contribution in [3.05, 3.63) is 35.4 Å². The summed E-state index contributed by atoms with van der Waals surface area (Å²) in [5.74, 6) is -1.37. The van der Waals surface area contributed by atoms with E-state index < -0.39 is 17.7 Å². The van der Waals surface area contributed by atoms with E-state index >= 15 is 0 Å². The molecule has 0 radical (unpaired) electrons. The van der Waals surface area contributed by atoms with Gasteiger partial charge in [0.25, 0.3) is 0 Å². The minimum atomic E-state index is -4.44. The molecule has 10 heteroatoms. The summed E-state index contributed by atoms with van der Waals surface area (Å²) in [7, 11) is 0. The van der Waals surface area contributed by atoms with Crippen LogP contribution in [0.4, 0.5) is 13.2 Å². The van der Waals surface area contributed by atoms with Gasteiger partial charge in [0.2, 0.25) is 17.7 Å². The summed E-state index contributed by atoms with van der Waals surface area (Å²) in [5, 5.41) is 2.96. The molecule has 2 saturated heterocycles. The first-order valence-corrected chi connectivity index (χ1v) is 9.87. The summed E-state index contributed by atoms with van der Waals surface area (Å²) in [6.45, 7) is 1.72. The summed E-state index contributed by atoms with van der Waals surface area (Å²) in [5.41, 5.74) is 4.80. The number of rotatable bonds is 6. The second-order valence-corrected chi connectivity index (χ2v) is 7.90. The van der Waals surface area contributed by atoms with Crippen molar-refractivity contribution < 1.29 is 27.6 Å². The number of piperidine rings is 1. The van der Waals surface area contributed by atoms with E-state index in [0.29, 0.717) is 31.5 Å². The first kappa shape index (κ1) is 22.1. The number of alkyl halides is 3. The van der Waals surface area contributed by atoms with Gasteiger partial charge in [-0.2, -0.15) is 13.2 Å². The van der Waals surface area contributed by atoms with Gasteiger partial charge in [-0.05, 0) is 30.5 Å². The standard InChI is InChI=1S/C20H25F3N4O3/c21-20(22,23)15-3-1-2-13(8-15)10-27-11-14(9-18(27)29)19(30)25-16-4-6-26(7-5-16)12-17(24)28/h1-3,8,14,16H,4-7,9-12H2,(H2,24,28)(H,25,30)/t14-/m0/s1. The lowest BCUT2D eigenvalue weighted by atomic mass is 10.0. The fourth-order valence-corrected chi connectivity index (χ4v) is 3.94. The maximum Gasteiger partial charge on any atom is 0.416 e. The van der Waals surface area contributed by atoms with Crippen LogP contribution in [0, 0.1) is 5.92 Å². The van der Waals surface area contributed by atoms with Crippen LogP contribution >= 0.6 is 0 Å². The van der Waals surface area contributed by atoms with Gasteiger partial charge < -0.3 is 16.0 Å². The van der Waals surface area contributed by atoms with Gasteiger partial charge >= 0.3 is 6.18 Å². The Hall–Kier alpha value is -2.62. The minimum absolute atomic E-state index is 0.0331. The Bertz CT molecular complexity index is 807. The Morgan fingerprint density at radius 2 is 1.90 bits per heavy atom. The molecule has 0 bridgehead atoms. The summed E-state index contributed by atoms with van der Waals surface area (Å²) in [4.78, 5) is 39.2. The molecule has 1 aromatic carbocycles. The molecule has 7 nitrogen and oxygen atoms in total. The molecule has 0 unspecified atom stereocenters. The van der Waals surface area contributed by atoms with Gasteiger partial charge in [-0.3, -0.25) is 19.3 Å². The number of halogens is 3. The number of amides is 3. The topological polar surface area (TPSA) is 95.7 Å². The van der Waals surface area contributed by atoms with E-state index in [9.17, 15) is 27.6 Å². The summed E-state index contributed by atoms with van der Waals surface area (Å²) in [6.07, 6.45) is -3.02. The highest BCUT2D eigenvalue weighted by Crippen LogP contribution is 2.30. The van der Waals surface area contributed by atoms with Crippen molar-refractivity contribution in [3.63, 3.8) is 0 Å². The Balaban J connectivity index is 1.51. The number of nitrogens with zero attached hydrogens (tertiary/aromatic N) is 2. The van der Waals surface area contributed by atoms with E-state index in [1.165, 1.54) is 17.0 Å². The maximum absolute atomic E-state index is 12.9. The molecular weight excluding hydrogens is 401 g/mol. The number of carbonyl (C=O) groups is 3. The Morgan fingerprint density at radius 3 is 2.53 bits per heavy atom. The zero-order valence-corrected chi connectivity index (χ0v) is 16.5. The minimum Gasteiger partial charge on any atom is -0.369 e. The quantitative estimate of drug-likeness (QED) is 0.713. The van der Waals surface area contributed by atoms with Gasteiger partial charge in [0.1, 0.15) is 0 Å². The van der Waals surface area contributed by atoms with Gasteiger partial charge in [0.15, 0.2) is 0 Å². The fourth-order valence-electron chi connectivity index (χ4n) is 3.94. The summed E-state index contributed by atoms with van der Waals surface area (Å²) in [6, 6.07) is 4.83. The van der Waals surface area contributed by atoms with E-state index in [1.54, 1.807) is 0 Å². The number of likely N-dealkylation sites (tertiary alicyclic amines) is 2. The van der Waals surface area contributed by atoms with Crippen molar-refractivity contribution in [2.75, 3.05) is 26.2 Å². The molecule has 3 rings (SSSR count). The molecule has 2 heterocycles. The van der Waals surface area contributed by atoms with Crippen molar-refractivity contribution in [3.8, 4) is 0 Å². The molecule has 3 amide bonds. The number of nitrogens with two attached hydrogens (primary N) is 1. The average molecular weight is 426 g/mol. The highest BCUT2D eigenvalue weighted by Gasteiger charge is 2.36. The molecule has 164 valence electrons. The zero-order valence-electron chi connectivity index (χ0n) is 16.5. The van der Waals surface area contributed by atoms with Crippen molar-refractivity contribution in [1.29, 1.82) is 0 Å². The number of hydrogen-bond acceptors (Lipinski definition) is 4. The van der Waals surface area contributed by atoms with Gasteiger partial charge in [0.05, 0.1) is 18.0 Å². The highest BCUT2D eigenvalue weighted by molar-refractivity contribution is 5.89. The highest BCUT2D eigenvalue weighted by atomic mass is 19.4. The third-order valence-electron chi connectivity index (χ3n) is 5.53. The molecular formula is C20H25F3N4O3. The van der Waals surface area contributed by atoms with Crippen LogP contribution in [-0.2, 0) is 27.1 Å². The average Bonchev–Trinajstić information content (AvgIpc) is 3.03. The predicted molar refractivity (Wildman–Crippen MR) is 102 cm³/mol. The zero-order chi connectivity index (χ0) is 21.9. The number of benzene rings is 1. The lowest BCUT2D eigenvalue weighted by Crippen LogP contribution is -2.48. The van der Waals surface area contributed by atoms with E-state index in [-0.39, 0.29) is 49.8 Å². The van der Waals surface area contributed by atoms with Crippen molar-refractivity contribution in [2.45, 2.75) is 38.0 Å². The van der Waals surface area contributed by atoms with Gasteiger partial charge in [-0.25, -0.2) is 0 Å². The predicted octanol–water partition coefficient (Wildman–Crippen LogP) is 1.12. The number of hydrogen-bond donors (Lipinski definition) is 2. The molecule has 2 aliphatic rings. The van der Waals surface area contributed by atoms with Crippen LogP contribution in [0.25, 0.3) is 0 Å². The van der Waals surface area contributed by atoms with Crippen molar-refractivity contribution >= 4 is 17.7 Å². The van der Waals surface area contributed by atoms with Crippen LogP contribution in [0.5, 0.6) is 0 Å². The van der Waals surface area contributed by atoms with Crippen molar-refractivity contribution in [2.24, 2.45) is 11.7 Å². The lowest BCUT2D eigenvalue weighted by Gasteiger charge is -2.32. The largest absolute Gasteiger partial charge is 0.416 e. The van der Waals surface area contributed by atoms with Gasteiger partial charge in [0, 0.05) is 38.6 Å². The summed E-state index contributed by atoms with van der Waals surface area (Å²) >= 11 is 0. The third-order valence-corrected chi connectivity index (χ3v) is 5.53. The monoisotopic (exact) mass is 426 g/mol. The molecule has 1 atom stereocenters. The first-order chi connectivity index (χ1) is 14.1. The van der Waals surface area contributed by atoms with E-state index in [2.05, 4.69) is 5.32 Å². The fraction of sp³-hybridized carbons (Fsp3) is 0.550. The lowest BCUT2D eigenvalue weighted by molar-refractivity contribution is -0.137. The normalized spacial score (nSPS) is 21.1. The molecule has 2 aliphatic heterocycles. The van der Waals surface area contributed by atoms with Gasteiger partial charge in [-0.1, -0.05) is 12.1 Å². The molecule has 3 N–H and O–H groups in total. The number of nitrogens with one attached hydrogen (secondary N) is 1. The van der Waals surface area contributed by atoms with Crippen LogP contribution in [0.15, 0.2) is 24.3 Å².